The quantitative estimate of drug-likeness (QED) is 0.293. The molecule has 0 amide bonds. The van der Waals surface area contributed by atoms with Crippen LogP contribution in [0.2, 0.25) is 0 Å². The lowest BCUT2D eigenvalue weighted by molar-refractivity contribution is 0.435. The number of hydrogen-bond donors (Lipinski definition) is 0. The normalized spacial score (nSPS) is 11.7. The molecule has 3 aromatic carbocycles. The smallest absolute Gasteiger partial charge is 0.167 e. The number of aromatic nitrogens is 1. The maximum atomic E-state index is 5.83. The van der Waals surface area contributed by atoms with E-state index < -0.39 is 0 Å². The minimum atomic E-state index is -0.0154. The monoisotopic (exact) mass is 449 g/mol. The topological polar surface area (TPSA) is 26.0 Å². The maximum absolute atomic E-state index is 5.83. The van der Waals surface area contributed by atoms with Gasteiger partial charge in [-0.05, 0) is 63.3 Å². The molecule has 0 aliphatic heterocycles. The zero-order valence-electron chi connectivity index (χ0n) is 21.3. The third kappa shape index (κ3) is 4.63. The van der Waals surface area contributed by atoms with E-state index in [4.69, 9.17) is 4.52 Å². The lowest BCUT2D eigenvalue weighted by Gasteiger charge is -2.24. The molecule has 0 N–H and O–H groups in total. The SMILES string of the molecule is C=Cc1c(-c2cc(-c3ccc(CC)cc3)on2)cc(C(C)(C)C)cc1-c1ccccc1C(C)C. The van der Waals surface area contributed by atoms with Crippen molar-refractivity contribution in [2.24, 2.45) is 0 Å². The summed E-state index contributed by atoms with van der Waals surface area (Å²) >= 11 is 0. The Kier molecular flexibility index (Phi) is 6.61. The van der Waals surface area contributed by atoms with Gasteiger partial charge >= 0.3 is 0 Å². The molecule has 0 saturated carbocycles. The first-order chi connectivity index (χ1) is 16.2. The molecule has 0 atom stereocenters. The molecule has 1 heterocycles. The number of benzene rings is 3. The third-order valence-electron chi connectivity index (χ3n) is 6.56. The molecule has 0 aliphatic carbocycles. The first-order valence-electron chi connectivity index (χ1n) is 12.2. The van der Waals surface area contributed by atoms with Crippen LogP contribution in [0.1, 0.15) is 69.7 Å². The molecule has 0 spiro atoms. The Balaban J connectivity index is 1.92. The Labute approximate surface area is 204 Å². The molecule has 4 aromatic rings. The fourth-order valence-corrected chi connectivity index (χ4v) is 4.43. The van der Waals surface area contributed by atoms with Gasteiger partial charge in [-0.25, -0.2) is 0 Å². The van der Waals surface area contributed by atoms with Crippen molar-refractivity contribution < 1.29 is 4.52 Å². The maximum Gasteiger partial charge on any atom is 0.167 e. The van der Waals surface area contributed by atoms with E-state index in [0.717, 1.165) is 34.6 Å². The van der Waals surface area contributed by atoms with Gasteiger partial charge in [0, 0.05) is 17.2 Å². The number of nitrogens with zero attached hydrogens (tertiary/aromatic N) is 1. The summed E-state index contributed by atoms with van der Waals surface area (Å²) in [5.41, 5.74) is 10.3. The molecule has 0 fully saturated rings. The van der Waals surface area contributed by atoms with E-state index >= 15 is 0 Å². The van der Waals surface area contributed by atoms with Crippen LogP contribution in [0, 0.1) is 0 Å². The molecule has 34 heavy (non-hydrogen) atoms. The summed E-state index contributed by atoms with van der Waals surface area (Å²) in [6.07, 6.45) is 2.98. The molecule has 0 saturated heterocycles. The van der Waals surface area contributed by atoms with Crippen LogP contribution in [-0.2, 0) is 11.8 Å². The molecule has 4 rings (SSSR count). The molecule has 174 valence electrons. The molecule has 1 aromatic heterocycles. The lowest BCUT2D eigenvalue weighted by atomic mass is 9.80. The van der Waals surface area contributed by atoms with E-state index in [0.29, 0.717) is 5.92 Å². The van der Waals surface area contributed by atoms with Crippen molar-refractivity contribution >= 4 is 6.08 Å². The van der Waals surface area contributed by atoms with E-state index in [2.05, 4.69) is 114 Å². The summed E-state index contributed by atoms with van der Waals surface area (Å²) in [6.45, 7) is 17.6. The van der Waals surface area contributed by atoms with Gasteiger partial charge in [0.05, 0.1) is 0 Å². The van der Waals surface area contributed by atoms with Crippen molar-refractivity contribution in [2.75, 3.05) is 0 Å². The highest BCUT2D eigenvalue weighted by molar-refractivity contribution is 5.87. The molecule has 0 aliphatic rings. The van der Waals surface area contributed by atoms with Gasteiger partial charge in [0.2, 0.25) is 0 Å². The lowest BCUT2D eigenvalue weighted by Crippen LogP contribution is -2.12. The highest BCUT2D eigenvalue weighted by atomic mass is 16.5. The number of aryl methyl sites for hydroxylation is 1. The van der Waals surface area contributed by atoms with E-state index in [9.17, 15) is 0 Å². The summed E-state index contributed by atoms with van der Waals surface area (Å²) in [5, 5.41) is 4.51. The van der Waals surface area contributed by atoms with Crippen molar-refractivity contribution in [1.29, 1.82) is 0 Å². The van der Waals surface area contributed by atoms with Gasteiger partial charge in [-0.15, -0.1) is 0 Å². The van der Waals surface area contributed by atoms with E-state index in [1.54, 1.807) is 0 Å². The van der Waals surface area contributed by atoms with E-state index in [1.165, 1.54) is 27.8 Å². The van der Waals surface area contributed by atoms with Crippen LogP contribution >= 0.6 is 0 Å². The average Bonchev–Trinajstić information content (AvgIpc) is 3.32. The van der Waals surface area contributed by atoms with Crippen LogP contribution in [0.25, 0.3) is 39.8 Å². The van der Waals surface area contributed by atoms with Crippen molar-refractivity contribution in [1.82, 2.24) is 5.16 Å². The zero-order valence-corrected chi connectivity index (χ0v) is 21.3. The van der Waals surface area contributed by atoms with Gasteiger partial charge in [0.25, 0.3) is 0 Å². The largest absolute Gasteiger partial charge is 0.356 e. The predicted molar refractivity (Wildman–Crippen MR) is 145 cm³/mol. The molecule has 2 heteroatoms. The van der Waals surface area contributed by atoms with E-state index in [1.807, 2.05) is 12.1 Å². The fraction of sp³-hybridized carbons (Fsp3) is 0.281. The first-order valence-corrected chi connectivity index (χ1v) is 12.2. The summed E-state index contributed by atoms with van der Waals surface area (Å²) < 4.78 is 5.83. The Bertz CT molecular complexity index is 1300. The Morgan fingerprint density at radius 3 is 2.21 bits per heavy atom. The Hall–Kier alpha value is -3.39. The minimum Gasteiger partial charge on any atom is -0.356 e. The summed E-state index contributed by atoms with van der Waals surface area (Å²) in [4.78, 5) is 0. The van der Waals surface area contributed by atoms with Gasteiger partial charge in [0.1, 0.15) is 5.69 Å². The predicted octanol–water partition coefficient (Wildman–Crippen LogP) is 9.30. The fourth-order valence-electron chi connectivity index (χ4n) is 4.43. The summed E-state index contributed by atoms with van der Waals surface area (Å²) in [6, 6.07) is 23.8. The second kappa shape index (κ2) is 9.46. The molecule has 0 unspecified atom stereocenters. The molecule has 2 nitrogen and oxygen atoms in total. The minimum absolute atomic E-state index is 0.0154. The second-order valence-electron chi connectivity index (χ2n) is 10.3. The van der Waals surface area contributed by atoms with Crippen LogP contribution in [0.15, 0.2) is 77.8 Å². The number of rotatable bonds is 6. The zero-order chi connectivity index (χ0) is 24.5. The van der Waals surface area contributed by atoms with Crippen molar-refractivity contribution in [2.45, 2.75) is 59.3 Å². The highest BCUT2D eigenvalue weighted by Gasteiger charge is 2.22. The van der Waals surface area contributed by atoms with Gasteiger partial charge < -0.3 is 4.52 Å². The molecular formula is C32H35NO. The third-order valence-corrected chi connectivity index (χ3v) is 6.56. The molecule has 0 bridgehead atoms. The van der Waals surface area contributed by atoms with Crippen LogP contribution in [0.5, 0.6) is 0 Å². The summed E-state index contributed by atoms with van der Waals surface area (Å²) in [7, 11) is 0. The van der Waals surface area contributed by atoms with Gasteiger partial charge in [-0.2, -0.15) is 0 Å². The average molecular weight is 450 g/mol. The molecular weight excluding hydrogens is 414 g/mol. The number of hydrogen-bond acceptors (Lipinski definition) is 2. The van der Waals surface area contributed by atoms with Crippen molar-refractivity contribution in [3.05, 3.63) is 95.6 Å². The van der Waals surface area contributed by atoms with Crippen molar-refractivity contribution in [3.8, 4) is 33.7 Å². The van der Waals surface area contributed by atoms with Crippen LogP contribution in [-0.4, -0.2) is 5.16 Å². The van der Waals surface area contributed by atoms with Crippen LogP contribution in [0.3, 0.4) is 0 Å². The van der Waals surface area contributed by atoms with Gasteiger partial charge in [-0.3, -0.25) is 0 Å². The highest BCUT2D eigenvalue weighted by Crippen LogP contribution is 2.41. The van der Waals surface area contributed by atoms with Gasteiger partial charge in [0.15, 0.2) is 5.76 Å². The van der Waals surface area contributed by atoms with Crippen LogP contribution in [0.4, 0.5) is 0 Å². The first kappa shape index (κ1) is 23.8. The standard InChI is InChI=1S/C32H35NO/c1-8-22-14-16-23(17-15-22)31-20-30(33-34-31)29-19-24(32(5,6)7)18-28(25(29)9-2)27-13-11-10-12-26(27)21(3)4/h9-21H,2,8H2,1,3-7H3. The Morgan fingerprint density at radius 2 is 1.59 bits per heavy atom. The van der Waals surface area contributed by atoms with Crippen LogP contribution < -0.4 is 0 Å². The van der Waals surface area contributed by atoms with Gasteiger partial charge in [-0.1, -0.05) is 108 Å². The summed E-state index contributed by atoms with van der Waals surface area (Å²) in [5.74, 6) is 1.19. The van der Waals surface area contributed by atoms with Crippen molar-refractivity contribution in [3.63, 3.8) is 0 Å². The molecule has 0 radical (unpaired) electrons. The Morgan fingerprint density at radius 1 is 0.912 bits per heavy atom. The van der Waals surface area contributed by atoms with E-state index in [-0.39, 0.29) is 5.41 Å². The second-order valence-corrected chi connectivity index (χ2v) is 10.3.